The van der Waals surface area contributed by atoms with Gasteiger partial charge in [-0.05, 0) is 60.7 Å². The summed E-state index contributed by atoms with van der Waals surface area (Å²) >= 11 is 1.80. The maximum absolute atomic E-state index is 6.66. The molecule has 0 amide bonds. The molecule has 4 heterocycles. The molecule has 0 N–H and O–H groups in total. The second kappa shape index (κ2) is 10.9. The molecule has 11 aromatic rings. The van der Waals surface area contributed by atoms with Gasteiger partial charge in [-0.2, -0.15) is 0 Å². The number of hydrogen-bond donors (Lipinski definition) is 0. The molecule has 6 heteroatoms. The minimum atomic E-state index is 0.571. The zero-order chi connectivity index (χ0) is 33.5. The lowest BCUT2D eigenvalue weighted by atomic mass is 10.1. The molecule has 0 radical (unpaired) electrons. The molecule has 7 aromatic carbocycles. The molecule has 0 saturated heterocycles. The number of furan rings is 1. The molecule has 0 bridgehead atoms. The monoisotopic (exact) mass is 670 g/mol. The molecule has 0 fully saturated rings. The summed E-state index contributed by atoms with van der Waals surface area (Å²) in [5.41, 5.74) is 7.69. The van der Waals surface area contributed by atoms with E-state index in [2.05, 4.69) is 126 Å². The van der Waals surface area contributed by atoms with E-state index in [4.69, 9.17) is 19.4 Å². The summed E-state index contributed by atoms with van der Waals surface area (Å²) in [5, 5.41) is 6.97. The van der Waals surface area contributed by atoms with Crippen LogP contribution in [0.2, 0.25) is 0 Å². The van der Waals surface area contributed by atoms with Crippen LogP contribution in [0.4, 0.5) is 0 Å². The lowest BCUT2D eigenvalue weighted by Crippen LogP contribution is -2.00. The van der Waals surface area contributed by atoms with E-state index in [-0.39, 0.29) is 0 Å². The van der Waals surface area contributed by atoms with Crippen molar-refractivity contribution in [3.63, 3.8) is 0 Å². The molecule has 51 heavy (non-hydrogen) atoms. The Morgan fingerprint density at radius 1 is 0.431 bits per heavy atom. The summed E-state index contributed by atoms with van der Waals surface area (Å²) in [6.07, 6.45) is 0. The highest BCUT2D eigenvalue weighted by Crippen LogP contribution is 2.40. The molecular formula is C45H26N4OS. The minimum Gasteiger partial charge on any atom is -0.455 e. The van der Waals surface area contributed by atoms with Crippen molar-refractivity contribution in [1.29, 1.82) is 0 Å². The average Bonchev–Trinajstić information content (AvgIpc) is 3.87. The predicted octanol–water partition coefficient (Wildman–Crippen LogP) is 12.2. The first-order chi connectivity index (χ1) is 25.3. The van der Waals surface area contributed by atoms with Gasteiger partial charge in [0, 0.05) is 58.5 Å². The van der Waals surface area contributed by atoms with Crippen LogP contribution < -0.4 is 0 Å². The second-order valence-electron chi connectivity index (χ2n) is 12.8. The number of fused-ring (bicyclic) bond motifs is 9. The number of benzene rings is 7. The van der Waals surface area contributed by atoms with E-state index in [9.17, 15) is 0 Å². The van der Waals surface area contributed by atoms with Gasteiger partial charge in [-0.25, -0.2) is 15.0 Å². The summed E-state index contributed by atoms with van der Waals surface area (Å²) < 4.78 is 11.5. The molecule has 4 aromatic heterocycles. The number of nitrogens with zero attached hydrogens (tertiary/aromatic N) is 4. The van der Waals surface area contributed by atoms with Gasteiger partial charge in [0.25, 0.3) is 0 Å². The second-order valence-corrected chi connectivity index (χ2v) is 13.9. The van der Waals surface area contributed by atoms with Crippen molar-refractivity contribution in [1.82, 2.24) is 19.5 Å². The quantitative estimate of drug-likeness (QED) is 0.187. The van der Waals surface area contributed by atoms with Crippen LogP contribution >= 0.6 is 11.3 Å². The summed E-state index contributed by atoms with van der Waals surface area (Å²) in [6.45, 7) is 0. The lowest BCUT2D eigenvalue weighted by molar-refractivity contribution is 0.669. The molecule has 0 aliphatic rings. The predicted molar refractivity (Wildman–Crippen MR) is 211 cm³/mol. The Labute approximate surface area is 295 Å². The van der Waals surface area contributed by atoms with Crippen LogP contribution in [0.5, 0.6) is 0 Å². The van der Waals surface area contributed by atoms with Crippen LogP contribution in [0.1, 0.15) is 0 Å². The largest absolute Gasteiger partial charge is 0.455 e. The van der Waals surface area contributed by atoms with E-state index in [0.29, 0.717) is 17.5 Å². The number of hydrogen-bond acceptors (Lipinski definition) is 5. The van der Waals surface area contributed by atoms with Gasteiger partial charge in [0.2, 0.25) is 0 Å². The van der Waals surface area contributed by atoms with Crippen LogP contribution in [-0.4, -0.2) is 19.5 Å². The molecule has 0 spiro atoms. The highest BCUT2D eigenvalue weighted by Gasteiger charge is 2.19. The molecule has 5 nitrogen and oxygen atoms in total. The molecule has 0 saturated carbocycles. The van der Waals surface area contributed by atoms with Gasteiger partial charge in [0.05, 0.1) is 16.6 Å². The molecular weight excluding hydrogens is 645 g/mol. The van der Waals surface area contributed by atoms with Gasteiger partial charge < -0.3 is 8.98 Å². The van der Waals surface area contributed by atoms with Crippen LogP contribution in [0.3, 0.4) is 0 Å². The first kappa shape index (κ1) is 28.2. The Kier molecular flexibility index (Phi) is 6.05. The van der Waals surface area contributed by atoms with E-state index < -0.39 is 0 Å². The highest BCUT2D eigenvalue weighted by molar-refractivity contribution is 7.25. The third-order valence-electron chi connectivity index (χ3n) is 9.86. The molecule has 0 aliphatic carbocycles. The van der Waals surface area contributed by atoms with Crippen LogP contribution in [0, 0.1) is 0 Å². The fraction of sp³-hybridized carbons (Fsp3) is 0. The topological polar surface area (TPSA) is 56.7 Å². The standard InChI is InChI=1S/C45H26N4OS/c1-2-11-27(12-3-1)43-46-44(28-21-24-41-36(25-28)32-15-6-9-20-40(32)51-41)48-45(47-43)34-17-10-16-33-35-26-29(22-23-39(35)50-42(33)34)49-37-18-7-4-13-30(37)31-14-5-8-19-38(31)49/h1-26H. The molecule has 11 rings (SSSR count). The molecule has 238 valence electrons. The average molecular weight is 671 g/mol. The van der Waals surface area contributed by atoms with Gasteiger partial charge in [-0.3, -0.25) is 0 Å². The summed E-state index contributed by atoms with van der Waals surface area (Å²) in [7, 11) is 0. The number of para-hydroxylation sites is 3. The van der Waals surface area contributed by atoms with Gasteiger partial charge in [0.15, 0.2) is 17.5 Å². The van der Waals surface area contributed by atoms with Crippen molar-refractivity contribution in [2.45, 2.75) is 0 Å². The van der Waals surface area contributed by atoms with Crippen molar-refractivity contribution in [2.75, 3.05) is 0 Å². The van der Waals surface area contributed by atoms with Crippen molar-refractivity contribution >= 4 is 75.3 Å². The molecule has 0 atom stereocenters. The lowest BCUT2D eigenvalue weighted by Gasteiger charge is -2.09. The maximum atomic E-state index is 6.66. The normalized spacial score (nSPS) is 11.9. The summed E-state index contributed by atoms with van der Waals surface area (Å²) in [5.74, 6) is 1.81. The van der Waals surface area contributed by atoms with Crippen molar-refractivity contribution in [2.24, 2.45) is 0 Å². The van der Waals surface area contributed by atoms with Gasteiger partial charge in [-0.1, -0.05) is 97.1 Å². The number of thiophene rings is 1. The van der Waals surface area contributed by atoms with Crippen LogP contribution in [0.25, 0.3) is 104 Å². The number of rotatable bonds is 4. The van der Waals surface area contributed by atoms with E-state index in [1.54, 1.807) is 11.3 Å². The first-order valence-electron chi connectivity index (χ1n) is 16.9. The van der Waals surface area contributed by atoms with Crippen molar-refractivity contribution in [3.8, 4) is 39.9 Å². The van der Waals surface area contributed by atoms with Crippen molar-refractivity contribution < 1.29 is 4.42 Å². The van der Waals surface area contributed by atoms with Crippen molar-refractivity contribution in [3.05, 3.63) is 158 Å². The Balaban J connectivity index is 1.11. The molecule has 0 unspecified atom stereocenters. The van der Waals surface area contributed by atoms with Crippen LogP contribution in [0.15, 0.2) is 162 Å². The highest BCUT2D eigenvalue weighted by atomic mass is 32.1. The Morgan fingerprint density at radius 2 is 1.08 bits per heavy atom. The van der Waals surface area contributed by atoms with E-state index >= 15 is 0 Å². The van der Waals surface area contributed by atoms with Gasteiger partial charge in [0.1, 0.15) is 11.2 Å². The SMILES string of the molecule is c1ccc(-c2nc(-c3ccc4sc5ccccc5c4c3)nc(-c3cccc4c3oc3ccc(-n5c6ccccc6c6ccccc65)cc34)n2)cc1. The smallest absolute Gasteiger partial charge is 0.167 e. The fourth-order valence-corrected chi connectivity index (χ4v) is 8.60. The Morgan fingerprint density at radius 3 is 1.88 bits per heavy atom. The van der Waals surface area contributed by atoms with Gasteiger partial charge >= 0.3 is 0 Å². The van der Waals surface area contributed by atoms with Gasteiger partial charge in [-0.15, -0.1) is 11.3 Å². The molecule has 0 aliphatic heterocycles. The number of aromatic nitrogens is 4. The van der Waals surface area contributed by atoms with E-state index in [1.807, 2.05) is 36.4 Å². The van der Waals surface area contributed by atoms with E-state index in [1.165, 1.54) is 42.0 Å². The Bertz CT molecular complexity index is 3100. The fourth-order valence-electron chi connectivity index (χ4n) is 7.51. The summed E-state index contributed by atoms with van der Waals surface area (Å²) in [6, 6.07) is 55.0. The zero-order valence-corrected chi connectivity index (χ0v) is 27.9. The Hall–Kier alpha value is -6.63. The minimum absolute atomic E-state index is 0.571. The van der Waals surface area contributed by atoms with Crippen LogP contribution in [-0.2, 0) is 0 Å². The maximum Gasteiger partial charge on any atom is 0.167 e. The van der Waals surface area contributed by atoms with E-state index in [0.717, 1.165) is 44.3 Å². The zero-order valence-electron chi connectivity index (χ0n) is 27.1. The summed E-state index contributed by atoms with van der Waals surface area (Å²) in [4.78, 5) is 15.2. The third kappa shape index (κ3) is 4.37. The first-order valence-corrected chi connectivity index (χ1v) is 17.8. The third-order valence-corrected chi connectivity index (χ3v) is 11.0.